The average molecular weight is 386 g/mol. The fraction of sp³-hybridized carbons (Fsp3) is 0.200. The second-order valence-corrected chi connectivity index (χ2v) is 6.93. The van der Waals surface area contributed by atoms with E-state index in [1.165, 1.54) is 25.1 Å². The number of hydrogen-bond donors (Lipinski definition) is 2. The summed E-state index contributed by atoms with van der Waals surface area (Å²) in [6.07, 6.45) is 1.77. The minimum Gasteiger partial charge on any atom is -0.378 e. The van der Waals surface area contributed by atoms with Crippen LogP contribution in [-0.4, -0.2) is 21.2 Å². The van der Waals surface area contributed by atoms with Crippen molar-refractivity contribution in [2.75, 3.05) is 5.32 Å². The zero-order chi connectivity index (χ0) is 19.6. The van der Waals surface area contributed by atoms with E-state index in [1.54, 1.807) is 22.9 Å². The first-order valence-electron chi connectivity index (χ1n) is 8.21. The lowest BCUT2D eigenvalue weighted by Crippen LogP contribution is -2.43. The van der Waals surface area contributed by atoms with Crippen LogP contribution in [0.15, 0.2) is 48.7 Å². The maximum atomic E-state index is 13.0. The number of carbonyl (C=O) groups is 1. The van der Waals surface area contributed by atoms with Crippen LogP contribution >= 0.6 is 11.6 Å². The molecular formula is C20H17ClFN3O2. The summed E-state index contributed by atoms with van der Waals surface area (Å²) in [6.45, 7) is 0.612. The third kappa shape index (κ3) is 3.95. The maximum absolute atomic E-state index is 13.0. The topological polar surface area (TPSA) is 78.1 Å². The Morgan fingerprint density at radius 3 is 2.81 bits per heavy atom. The lowest BCUT2D eigenvalue weighted by atomic mass is 10.0. The molecule has 0 saturated carbocycles. The molecule has 0 bridgehead atoms. The van der Waals surface area contributed by atoms with Crippen LogP contribution in [-0.2, 0) is 18.0 Å². The number of nitriles is 1. The van der Waals surface area contributed by atoms with Crippen molar-refractivity contribution in [3.8, 4) is 6.07 Å². The second-order valence-electron chi connectivity index (χ2n) is 6.49. The molecule has 1 atom stereocenters. The summed E-state index contributed by atoms with van der Waals surface area (Å²) in [5.74, 6) is -0.632. The predicted molar refractivity (Wildman–Crippen MR) is 102 cm³/mol. The van der Waals surface area contributed by atoms with Crippen LogP contribution in [0.2, 0.25) is 5.02 Å². The first kappa shape index (κ1) is 18.9. The number of nitrogens with one attached hydrogen (secondary N) is 1. The standard InChI is InChI=1S/C20H17ClFN3O2/c1-20(27,12-25-7-6-13-8-16(21)3-5-18(13)25)19(26)24-17-4-2-14(11-23)15(9-17)10-22/h2-9,27H,10,12H2,1H3,(H,24,26)/t20-/m0/s1. The molecule has 0 fully saturated rings. The molecule has 1 aromatic heterocycles. The number of benzene rings is 2. The van der Waals surface area contributed by atoms with Gasteiger partial charge in [0.25, 0.3) is 5.91 Å². The van der Waals surface area contributed by atoms with E-state index in [1.807, 2.05) is 18.2 Å². The van der Waals surface area contributed by atoms with E-state index < -0.39 is 18.2 Å². The lowest BCUT2D eigenvalue weighted by molar-refractivity contribution is -0.133. The van der Waals surface area contributed by atoms with Gasteiger partial charge in [-0.25, -0.2) is 4.39 Å². The van der Waals surface area contributed by atoms with Gasteiger partial charge in [-0.3, -0.25) is 4.79 Å². The third-order valence-electron chi connectivity index (χ3n) is 4.33. The summed E-state index contributed by atoms with van der Waals surface area (Å²) in [5.41, 5.74) is -0.167. The van der Waals surface area contributed by atoms with Crippen molar-refractivity contribution in [2.45, 2.75) is 25.7 Å². The van der Waals surface area contributed by atoms with Gasteiger partial charge in [0.2, 0.25) is 0 Å². The highest BCUT2D eigenvalue weighted by Gasteiger charge is 2.31. The van der Waals surface area contributed by atoms with Crippen LogP contribution < -0.4 is 5.32 Å². The molecule has 5 nitrogen and oxygen atoms in total. The Morgan fingerprint density at radius 1 is 1.33 bits per heavy atom. The number of fused-ring (bicyclic) bond motifs is 1. The Morgan fingerprint density at radius 2 is 2.11 bits per heavy atom. The summed E-state index contributed by atoms with van der Waals surface area (Å²) in [7, 11) is 0. The largest absolute Gasteiger partial charge is 0.378 e. The number of carbonyl (C=O) groups excluding carboxylic acids is 1. The molecule has 7 heteroatoms. The van der Waals surface area contributed by atoms with Crippen molar-refractivity contribution in [2.24, 2.45) is 0 Å². The fourth-order valence-electron chi connectivity index (χ4n) is 2.87. The van der Waals surface area contributed by atoms with Gasteiger partial charge in [-0.15, -0.1) is 0 Å². The Hall–Kier alpha value is -2.88. The number of anilines is 1. The van der Waals surface area contributed by atoms with E-state index in [-0.39, 0.29) is 17.7 Å². The van der Waals surface area contributed by atoms with Gasteiger partial charge in [-0.1, -0.05) is 11.6 Å². The normalized spacial score (nSPS) is 13.1. The summed E-state index contributed by atoms with van der Waals surface area (Å²) < 4.78 is 14.8. The first-order valence-corrected chi connectivity index (χ1v) is 8.59. The number of nitrogens with zero attached hydrogens (tertiary/aromatic N) is 2. The minimum absolute atomic E-state index is 0.0240. The maximum Gasteiger partial charge on any atom is 0.257 e. The van der Waals surface area contributed by atoms with Crippen molar-refractivity contribution < 1.29 is 14.3 Å². The molecule has 138 valence electrons. The zero-order valence-corrected chi connectivity index (χ0v) is 15.3. The van der Waals surface area contributed by atoms with Gasteiger partial charge in [0.1, 0.15) is 6.67 Å². The predicted octanol–water partition coefficient (Wildman–Crippen LogP) is 4.03. The van der Waals surface area contributed by atoms with Crippen molar-refractivity contribution in [3.63, 3.8) is 0 Å². The van der Waals surface area contributed by atoms with Crippen LogP contribution in [0.1, 0.15) is 18.1 Å². The monoisotopic (exact) mass is 385 g/mol. The van der Waals surface area contributed by atoms with Gasteiger partial charge in [0, 0.05) is 33.4 Å². The Bertz CT molecular complexity index is 1050. The number of aliphatic hydroxyl groups is 1. The molecule has 0 aliphatic rings. The highest BCUT2D eigenvalue weighted by molar-refractivity contribution is 6.31. The molecule has 0 radical (unpaired) electrons. The van der Waals surface area contributed by atoms with Crippen molar-refractivity contribution >= 4 is 34.1 Å². The molecule has 0 saturated heterocycles. The number of halogens is 2. The number of hydrogen-bond acceptors (Lipinski definition) is 3. The molecule has 3 rings (SSSR count). The fourth-order valence-corrected chi connectivity index (χ4v) is 3.05. The summed E-state index contributed by atoms with van der Waals surface area (Å²) in [5, 5.41) is 23.7. The minimum atomic E-state index is -1.71. The van der Waals surface area contributed by atoms with Crippen molar-refractivity contribution in [1.29, 1.82) is 5.26 Å². The molecule has 27 heavy (non-hydrogen) atoms. The highest BCUT2D eigenvalue weighted by atomic mass is 35.5. The summed E-state index contributed by atoms with van der Waals surface area (Å²) in [6, 6.07) is 13.4. The number of amides is 1. The Kier molecular flexibility index (Phi) is 5.17. The first-order chi connectivity index (χ1) is 12.8. The van der Waals surface area contributed by atoms with E-state index in [2.05, 4.69) is 5.32 Å². The molecule has 0 aliphatic carbocycles. The summed E-state index contributed by atoms with van der Waals surface area (Å²) in [4.78, 5) is 12.6. The number of rotatable bonds is 5. The van der Waals surface area contributed by atoms with E-state index in [0.717, 1.165) is 10.9 Å². The molecule has 1 amide bonds. The second kappa shape index (κ2) is 7.39. The molecule has 3 aromatic rings. The lowest BCUT2D eigenvalue weighted by Gasteiger charge is -2.23. The summed E-state index contributed by atoms with van der Waals surface area (Å²) >= 11 is 5.98. The van der Waals surface area contributed by atoms with Gasteiger partial charge in [0.05, 0.1) is 18.2 Å². The quantitative estimate of drug-likeness (QED) is 0.696. The van der Waals surface area contributed by atoms with Crippen molar-refractivity contribution in [1.82, 2.24) is 4.57 Å². The van der Waals surface area contributed by atoms with Gasteiger partial charge < -0.3 is 15.0 Å². The molecule has 0 spiro atoms. The zero-order valence-electron chi connectivity index (χ0n) is 14.5. The average Bonchev–Trinajstić information content (AvgIpc) is 3.02. The SMILES string of the molecule is C[C@](O)(Cn1ccc2cc(Cl)ccc21)C(=O)Nc1ccc(C#N)c(CF)c1. The van der Waals surface area contributed by atoms with Gasteiger partial charge in [-0.2, -0.15) is 5.26 Å². The Balaban J connectivity index is 1.80. The number of alkyl halides is 1. The van der Waals surface area contributed by atoms with Crippen LogP contribution in [0.5, 0.6) is 0 Å². The molecular weight excluding hydrogens is 369 g/mol. The van der Waals surface area contributed by atoms with Gasteiger partial charge >= 0.3 is 0 Å². The van der Waals surface area contributed by atoms with Crippen LogP contribution in [0.3, 0.4) is 0 Å². The molecule has 2 N–H and O–H groups in total. The Labute approximate surface area is 160 Å². The molecule has 2 aromatic carbocycles. The van der Waals surface area contributed by atoms with E-state index in [0.29, 0.717) is 10.7 Å². The van der Waals surface area contributed by atoms with Gasteiger partial charge in [-0.05, 0) is 49.4 Å². The number of aromatic nitrogens is 1. The van der Waals surface area contributed by atoms with Crippen molar-refractivity contribution in [3.05, 3.63) is 64.8 Å². The molecule has 0 aliphatic heterocycles. The van der Waals surface area contributed by atoms with Crippen LogP contribution in [0.25, 0.3) is 10.9 Å². The van der Waals surface area contributed by atoms with E-state index in [4.69, 9.17) is 16.9 Å². The van der Waals surface area contributed by atoms with E-state index >= 15 is 0 Å². The van der Waals surface area contributed by atoms with Crippen LogP contribution in [0.4, 0.5) is 10.1 Å². The van der Waals surface area contributed by atoms with Crippen LogP contribution in [0, 0.1) is 11.3 Å². The highest BCUT2D eigenvalue weighted by Crippen LogP contribution is 2.23. The van der Waals surface area contributed by atoms with Gasteiger partial charge in [0.15, 0.2) is 5.60 Å². The third-order valence-corrected chi connectivity index (χ3v) is 4.56. The smallest absolute Gasteiger partial charge is 0.257 e. The molecule has 0 unspecified atom stereocenters. The molecule has 1 heterocycles. The van der Waals surface area contributed by atoms with E-state index in [9.17, 15) is 14.3 Å².